The fourth-order valence-electron chi connectivity index (χ4n) is 0.987. The summed E-state index contributed by atoms with van der Waals surface area (Å²) in [5.74, 6) is 1.05. The second-order valence-corrected chi connectivity index (χ2v) is 2.66. The lowest BCUT2D eigenvalue weighted by atomic mass is 10.2. The molecule has 0 atom stereocenters. The molecule has 0 fully saturated rings. The number of methoxy groups -OCH3 is 1. The van der Waals surface area contributed by atoms with Crippen molar-refractivity contribution in [1.82, 2.24) is 0 Å². The van der Waals surface area contributed by atoms with Crippen LogP contribution >= 0.6 is 0 Å². The van der Waals surface area contributed by atoms with Gasteiger partial charge in [0.15, 0.2) is 0 Å². The molecule has 0 amide bonds. The van der Waals surface area contributed by atoms with Crippen LogP contribution in [0.4, 0.5) is 0 Å². The van der Waals surface area contributed by atoms with E-state index in [1.165, 1.54) is 0 Å². The molecule has 1 aromatic carbocycles. The molecule has 0 bridgehead atoms. The summed E-state index contributed by atoms with van der Waals surface area (Å²) in [7, 11) is 1.63. The first-order valence-electron chi connectivity index (χ1n) is 3.97. The summed E-state index contributed by atoms with van der Waals surface area (Å²) in [5.41, 5.74) is 11.6. The number of benzene rings is 1. The molecule has 0 aromatic heterocycles. The Labute approximate surface area is 89.4 Å². The van der Waals surface area contributed by atoms with Crippen molar-refractivity contribution in [2.45, 2.75) is 6.54 Å². The SMILES string of the molecule is COc1cccc(C[NH+]=C(N)N)c1.[Cl-]. The molecule has 1 aromatic rings. The highest BCUT2D eigenvalue weighted by atomic mass is 35.5. The lowest BCUT2D eigenvalue weighted by Crippen LogP contribution is -3.00. The molecule has 78 valence electrons. The van der Waals surface area contributed by atoms with Crippen molar-refractivity contribution >= 4 is 5.96 Å². The van der Waals surface area contributed by atoms with Gasteiger partial charge in [0.2, 0.25) is 0 Å². The standard InChI is InChI=1S/C9H13N3O.ClH/c1-13-8-4-2-3-7(5-8)6-12-9(10)11;/h2-5H,6H2,1H3,(H4,10,11,12);1H. The molecule has 0 spiro atoms. The normalized spacial score (nSPS) is 8.64. The third-order valence-corrected chi connectivity index (χ3v) is 1.63. The molecule has 0 radical (unpaired) electrons. The number of guanidine groups is 1. The van der Waals surface area contributed by atoms with Crippen LogP contribution in [0.1, 0.15) is 5.56 Å². The summed E-state index contributed by atoms with van der Waals surface area (Å²) >= 11 is 0. The van der Waals surface area contributed by atoms with Gasteiger partial charge >= 0.3 is 5.96 Å². The third kappa shape index (κ3) is 4.00. The second kappa shape index (κ2) is 6.10. The molecule has 5 N–H and O–H groups in total. The van der Waals surface area contributed by atoms with Crippen LogP contribution in [-0.4, -0.2) is 13.1 Å². The van der Waals surface area contributed by atoms with Crippen molar-refractivity contribution in [1.29, 1.82) is 0 Å². The predicted molar refractivity (Wildman–Crippen MR) is 51.0 cm³/mol. The summed E-state index contributed by atoms with van der Waals surface area (Å²) in [6.45, 7) is 0.611. The molecule has 0 aliphatic rings. The minimum Gasteiger partial charge on any atom is -1.00 e. The number of rotatable bonds is 3. The van der Waals surface area contributed by atoms with Crippen LogP contribution in [0, 0.1) is 0 Å². The van der Waals surface area contributed by atoms with Crippen molar-refractivity contribution < 1.29 is 22.1 Å². The van der Waals surface area contributed by atoms with E-state index in [0.717, 1.165) is 11.3 Å². The molecule has 5 heteroatoms. The average Bonchev–Trinajstić information content (AvgIpc) is 2.15. The number of nitrogens with one attached hydrogen (secondary N) is 1. The quantitative estimate of drug-likeness (QED) is 0.352. The van der Waals surface area contributed by atoms with E-state index >= 15 is 0 Å². The molecule has 1 rings (SSSR count). The van der Waals surface area contributed by atoms with E-state index in [9.17, 15) is 0 Å². The van der Waals surface area contributed by atoms with Gasteiger partial charge in [-0.2, -0.15) is 0 Å². The van der Waals surface area contributed by atoms with Crippen molar-refractivity contribution in [3.05, 3.63) is 29.8 Å². The van der Waals surface area contributed by atoms with Crippen LogP contribution in [0.2, 0.25) is 0 Å². The minimum absolute atomic E-state index is 0. The first-order chi connectivity index (χ1) is 6.22. The molecule has 0 unspecified atom stereocenters. The van der Waals surface area contributed by atoms with E-state index in [1.54, 1.807) is 7.11 Å². The third-order valence-electron chi connectivity index (χ3n) is 1.63. The summed E-state index contributed by atoms with van der Waals surface area (Å²) in [4.78, 5) is 2.83. The number of hydrogen-bond acceptors (Lipinski definition) is 1. The fourth-order valence-corrected chi connectivity index (χ4v) is 0.987. The van der Waals surface area contributed by atoms with Crippen LogP contribution in [-0.2, 0) is 6.54 Å². The van der Waals surface area contributed by atoms with Gasteiger partial charge in [-0.1, -0.05) is 12.1 Å². The first kappa shape index (κ1) is 12.6. The second-order valence-electron chi connectivity index (χ2n) is 2.66. The largest absolute Gasteiger partial charge is 1.00 e. The number of hydrogen-bond donors (Lipinski definition) is 3. The lowest BCUT2D eigenvalue weighted by Gasteiger charge is -2.00. The number of halogens is 1. The Hall–Kier alpha value is -1.42. The van der Waals surface area contributed by atoms with E-state index in [4.69, 9.17) is 16.2 Å². The van der Waals surface area contributed by atoms with Gasteiger partial charge in [0.05, 0.1) is 13.7 Å². The van der Waals surface area contributed by atoms with Crippen LogP contribution in [0.5, 0.6) is 5.75 Å². The average molecular weight is 216 g/mol. The number of nitrogens with two attached hydrogens (primary N) is 2. The van der Waals surface area contributed by atoms with Crippen molar-refractivity contribution in [2.24, 2.45) is 11.5 Å². The Morgan fingerprint density at radius 3 is 2.71 bits per heavy atom. The van der Waals surface area contributed by atoms with Crippen LogP contribution < -0.4 is 33.6 Å². The van der Waals surface area contributed by atoms with E-state index in [2.05, 4.69) is 4.99 Å². The smallest absolute Gasteiger partial charge is 0.339 e. The summed E-state index contributed by atoms with van der Waals surface area (Å²) in [6.07, 6.45) is 0. The predicted octanol–water partition coefficient (Wildman–Crippen LogP) is -4.45. The minimum atomic E-state index is 0. The van der Waals surface area contributed by atoms with E-state index in [0.29, 0.717) is 6.54 Å². The van der Waals surface area contributed by atoms with Crippen molar-refractivity contribution in [3.63, 3.8) is 0 Å². The highest BCUT2D eigenvalue weighted by Gasteiger charge is 1.95. The molecule has 0 aliphatic heterocycles. The number of ether oxygens (including phenoxy) is 1. The monoisotopic (exact) mass is 215 g/mol. The van der Waals surface area contributed by atoms with Gasteiger partial charge in [0.1, 0.15) is 5.75 Å². The molecule has 4 nitrogen and oxygen atoms in total. The van der Waals surface area contributed by atoms with Gasteiger partial charge in [-0.3, -0.25) is 16.5 Å². The summed E-state index contributed by atoms with van der Waals surface area (Å²) in [6, 6.07) is 7.70. The van der Waals surface area contributed by atoms with E-state index in [1.807, 2.05) is 24.3 Å². The van der Waals surface area contributed by atoms with Crippen LogP contribution in [0.3, 0.4) is 0 Å². The Balaban J connectivity index is 0.00000169. The van der Waals surface area contributed by atoms with E-state index < -0.39 is 0 Å². The highest BCUT2D eigenvalue weighted by molar-refractivity contribution is 5.69. The Kier molecular flexibility index (Phi) is 5.48. The summed E-state index contributed by atoms with van der Waals surface area (Å²) in [5, 5.41) is 0. The molecule has 0 heterocycles. The van der Waals surface area contributed by atoms with E-state index in [-0.39, 0.29) is 18.4 Å². The van der Waals surface area contributed by atoms with Crippen molar-refractivity contribution in [3.8, 4) is 5.75 Å². The molecular weight excluding hydrogens is 202 g/mol. The lowest BCUT2D eigenvalue weighted by molar-refractivity contribution is -0.477. The van der Waals surface area contributed by atoms with Gasteiger partial charge in [-0.05, 0) is 17.7 Å². The van der Waals surface area contributed by atoms with Gasteiger partial charge in [0, 0.05) is 0 Å². The molecule has 14 heavy (non-hydrogen) atoms. The Bertz CT molecular complexity index is 311. The van der Waals surface area contributed by atoms with Crippen LogP contribution in [0.25, 0.3) is 0 Å². The van der Waals surface area contributed by atoms with Gasteiger partial charge < -0.3 is 17.1 Å². The van der Waals surface area contributed by atoms with Crippen LogP contribution in [0.15, 0.2) is 24.3 Å². The van der Waals surface area contributed by atoms with Crippen molar-refractivity contribution in [2.75, 3.05) is 7.11 Å². The maximum Gasteiger partial charge on any atom is 0.339 e. The Morgan fingerprint density at radius 1 is 1.43 bits per heavy atom. The molecule has 0 saturated heterocycles. The van der Waals surface area contributed by atoms with Gasteiger partial charge in [0.25, 0.3) is 0 Å². The Morgan fingerprint density at radius 2 is 2.14 bits per heavy atom. The zero-order chi connectivity index (χ0) is 9.68. The molecule has 0 saturated carbocycles. The zero-order valence-electron chi connectivity index (χ0n) is 7.96. The maximum atomic E-state index is 5.26. The molecule has 0 aliphatic carbocycles. The van der Waals surface area contributed by atoms with Gasteiger partial charge in [-0.25, -0.2) is 0 Å². The first-order valence-corrected chi connectivity index (χ1v) is 3.97. The topological polar surface area (TPSA) is 75.2 Å². The maximum absolute atomic E-state index is 5.26. The fraction of sp³-hybridized carbons (Fsp3) is 0.222. The summed E-state index contributed by atoms with van der Waals surface area (Å²) < 4.78 is 5.06. The zero-order valence-corrected chi connectivity index (χ0v) is 8.71. The van der Waals surface area contributed by atoms with Gasteiger partial charge in [-0.15, -0.1) is 0 Å². The molecular formula is C9H14ClN3O. The highest BCUT2D eigenvalue weighted by Crippen LogP contribution is 2.10.